The number of pyridine rings is 1. The van der Waals surface area contributed by atoms with Crippen molar-refractivity contribution in [1.82, 2.24) is 4.57 Å². The number of carbonyl (C=O) groups excluding carboxylic acids is 2. The van der Waals surface area contributed by atoms with Crippen LogP contribution in [0.25, 0.3) is 21.9 Å². The van der Waals surface area contributed by atoms with Gasteiger partial charge in [-0.05, 0) is 54.6 Å². The Morgan fingerprint density at radius 1 is 0.971 bits per heavy atom. The molecule has 0 saturated carbocycles. The van der Waals surface area contributed by atoms with E-state index in [-0.39, 0.29) is 17.7 Å². The lowest BCUT2D eigenvalue weighted by Crippen LogP contribution is -2.34. The molecule has 0 fully saturated rings. The zero-order valence-corrected chi connectivity index (χ0v) is 19.7. The number of aryl methyl sites for hydroxylation is 1. The second-order valence-corrected chi connectivity index (χ2v) is 8.30. The monoisotopic (exact) mass is 472 g/mol. The van der Waals surface area contributed by atoms with Gasteiger partial charge in [-0.1, -0.05) is 55.0 Å². The molecule has 6 nitrogen and oxygen atoms in total. The van der Waals surface area contributed by atoms with E-state index in [0.29, 0.717) is 22.0 Å². The molecule has 1 aromatic heterocycles. The summed E-state index contributed by atoms with van der Waals surface area (Å²) in [5.41, 5.74) is 2.46. The summed E-state index contributed by atoms with van der Waals surface area (Å²) in [5, 5.41) is 3.73. The van der Waals surface area contributed by atoms with Crippen molar-refractivity contribution < 1.29 is 18.7 Å². The number of aromatic nitrogens is 1. The van der Waals surface area contributed by atoms with Crippen molar-refractivity contribution in [2.24, 2.45) is 7.05 Å². The number of nitrogens with zero attached hydrogens (tertiary/aromatic N) is 1. The first kappa shape index (κ1) is 23.9. The second-order valence-electron chi connectivity index (χ2n) is 8.30. The average Bonchev–Trinajstić information content (AvgIpc) is 2.86. The van der Waals surface area contributed by atoms with Gasteiger partial charge in [0.1, 0.15) is 11.5 Å². The van der Waals surface area contributed by atoms with Crippen LogP contribution in [0.15, 0.2) is 77.6 Å². The molecule has 7 heteroatoms. The van der Waals surface area contributed by atoms with Gasteiger partial charge in [0.25, 0.3) is 11.5 Å². The largest absolute Gasteiger partial charge is 0.448 e. The van der Waals surface area contributed by atoms with Crippen LogP contribution in [0, 0.1) is 12.7 Å². The predicted molar refractivity (Wildman–Crippen MR) is 134 cm³/mol. The van der Waals surface area contributed by atoms with Gasteiger partial charge in [-0.15, -0.1) is 0 Å². The highest BCUT2D eigenvalue weighted by atomic mass is 19.1. The van der Waals surface area contributed by atoms with E-state index < -0.39 is 23.8 Å². The molecule has 4 aromatic rings. The van der Waals surface area contributed by atoms with Crippen LogP contribution < -0.4 is 10.9 Å². The minimum Gasteiger partial charge on any atom is -0.448 e. The molecule has 1 amide bonds. The fourth-order valence-corrected chi connectivity index (χ4v) is 3.98. The Bertz CT molecular complexity index is 1460. The van der Waals surface area contributed by atoms with E-state index in [4.69, 9.17) is 4.74 Å². The first-order chi connectivity index (χ1) is 16.8. The Morgan fingerprint density at radius 3 is 2.23 bits per heavy atom. The van der Waals surface area contributed by atoms with E-state index in [0.717, 1.165) is 11.1 Å². The topological polar surface area (TPSA) is 77.4 Å². The highest BCUT2D eigenvalue weighted by molar-refractivity contribution is 6.07. The number of rotatable bonds is 6. The van der Waals surface area contributed by atoms with E-state index in [2.05, 4.69) is 5.32 Å². The maximum absolute atomic E-state index is 13.5. The second kappa shape index (κ2) is 9.93. The van der Waals surface area contributed by atoms with E-state index in [1.807, 2.05) is 31.2 Å². The molecule has 1 unspecified atom stereocenters. The molecular weight excluding hydrogens is 447 g/mol. The van der Waals surface area contributed by atoms with Crippen LogP contribution in [-0.2, 0) is 16.6 Å². The Hall–Kier alpha value is -4.26. The van der Waals surface area contributed by atoms with Crippen molar-refractivity contribution >= 4 is 28.3 Å². The number of fused-ring (bicyclic) bond motifs is 1. The van der Waals surface area contributed by atoms with Crippen LogP contribution in [0.1, 0.15) is 29.4 Å². The number of nitrogens with one attached hydrogen (secondary N) is 1. The minimum absolute atomic E-state index is 0.0607. The number of carbonyl (C=O) groups is 2. The number of hydrogen-bond acceptors (Lipinski definition) is 4. The van der Waals surface area contributed by atoms with Crippen LogP contribution in [0.2, 0.25) is 0 Å². The first-order valence-electron chi connectivity index (χ1n) is 11.3. The molecule has 3 aromatic carbocycles. The SMILES string of the molecule is CCC(OC(=O)c1c(-c2ccc(C)cc2)c2ccccc2c(=O)n1C)C(=O)Nc1ccc(F)cc1. The third-order valence-corrected chi connectivity index (χ3v) is 5.86. The van der Waals surface area contributed by atoms with Crippen molar-refractivity contribution in [3.63, 3.8) is 0 Å². The highest BCUT2D eigenvalue weighted by Crippen LogP contribution is 2.31. The molecule has 0 spiro atoms. The van der Waals surface area contributed by atoms with Gasteiger partial charge in [-0.3, -0.25) is 9.59 Å². The number of ether oxygens (including phenoxy) is 1. The quantitative estimate of drug-likeness (QED) is 0.390. The predicted octanol–water partition coefficient (Wildman–Crippen LogP) is 5.23. The molecule has 35 heavy (non-hydrogen) atoms. The molecule has 4 rings (SSSR count). The lowest BCUT2D eigenvalue weighted by Gasteiger charge is -2.20. The van der Waals surface area contributed by atoms with Gasteiger partial charge in [0.15, 0.2) is 6.10 Å². The molecule has 0 saturated heterocycles. The Morgan fingerprint density at radius 2 is 1.60 bits per heavy atom. The normalized spacial score (nSPS) is 11.8. The van der Waals surface area contributed by atoms with Gasteiger partial charge in [-0.2, -0.15) is 0 Å². The number of esters is 1. The van der Waals surface area contributed by atoms with E-state index in [9.17, 15) is 18.8 Å². The minimum atomic E-state index is -1.11. The summed E-state index contributed by atoms with van der Waals surface area (Å²) in [4.78, 5) is 39.4. The molecular formula is C28H25FN2O4. The van der Waals surface area contributed by atoms with Gasteiger partial charge < -0.3 is 14.6 Å². The van der Waals surface area contributed by atoms with Gasteiger partial charge in [0, 0.05) is 23.7 Å². The lowest BCUT2D eigenvalue weighted by atomic mass is 9.96. The maximum Gasteiger partial charge on any atom is 0.356 e. The van der Waals surface area contributed by atoms with Crippen molar-refractivity contribution in [2.45, 2.75) is 26.4 Å². The standard InChI is InChI=1S/C28H25FN2O4/c1-4-23(26(32)30-20-15-13-19(29)14-16-20)35-28(34)25-24(18-11-9-17(2)10-12-18)21-7-5-6-8-22(21)27(33)31(25)3/h5-16,23H,4H2,1-3H3,(H,30,32). The molecule has 1 heterocycles. The summed E-state index contributed by atoms with van der Waals surface area (Å²) in [6.45, 7) is 3.67. The summed E-state index contributed by atoms with van der Waals surface area (Å²) in [6.07, 6.45) is -0.903. The first-order valence-corrected chi connectivity index (χ1v) is 11.3. The van der Waals surface area contributed by atoms with Gasteiger partial charge in [0.2, 0.25) is 0 Å². The van der Waals surface area contributed by atoms with Crippen LogP contribution in [0.5, 0.6) is 0 Å². The number of hydrogen-bond donors (Lipinski definition) is 1. The van der Waals surface area contributed by atoms with Crippen LogP contribution in [-0.4, -0.2) is 22.5 Å². The lowest BCUT2D eigenvalue weighted by molar-refractivity contribution is -0.124. The molecule has 0 aliphatic heterocycles. The van der Waals surface area contributed by atoms with Crippen LogP contribution >= 0.6 is 0 Å². The summed E-state index contributed by atoms with van der Waals surface area (Å²) in [5.74, 6) is -1.76. The Balaban J connectivity index is 1.75. The third-order valence-electron chi connectivity index (χ3n) is 5.86. The van der Waals surface area contributed by atoms with Crippen molar-refractivity contribution in [2.75, 3.05) is 5.32 Å². The van der Waals surface area contributed by atoms with Crippen LogP contribution in [0.3, 0.4) is 0 Å². The van der Waals surface area contributed by atoms with Gasteiger partial charge in [0.05, 0.1) is 0 Å². The highest BCUT2D eigenvalue weighted by Gasteiger charge is 2.27. The smallest absolute Gasteiger partial charge is 0.356 e. The maximum atomic E-state index is 13.5. The summed E-state index contributed by atoms with van der Waals surface area (Å²) < 4.78 is 20.1. The van der Waals surface area contributed by atoms with Crippen LogP contribution in [0.4, 0.5) is 10.1 Å². The molecule has 1 N–H and O–H groups in total. The molecule has 0 aliphatic rings. The van der Waals surface area contributed by atoms with E-state index in [1.54, 1.807) is 31.2 Å². The average molecular weight is 473 g/mol. The fourth-order valence-electron chi connectivity index (χ4n) is 3.98. The van der Waals surface area contributed by atoms with Gasteiger partial charge in [-0.25, -0.2) is 9.18 Å². The Labute approximate surface area is 202 Å². The molecule has 1 atom stereocenters. The Kier molecular flexibility index (Phi) is 6.78. The number of amides is 1. The van der Waals surface area contributed by atoms with Crippen molar-refractivity contribution in [1.29, 1.82) is 0 Å². The molecule has 0 aliphatic carbocycles. The summed E-state index contributed by atoms with van der Waals surface area (Å²) in [6, 6.07) is 20.0. The zero-order valence-electron chi connectivity index (χ0n) is 19.7. The molecule has 178 valence electrons. The number of benzene rings is 3. The fraction of sp³-hybridized carbons (Fsp3) is 0.179. The van der Waals surface area contributed by atoms with E-state index in [1.165, 1.54) is 35.9 Å². The third kappa shape index (κ3) is 4.84. The zero-order chi connectivity index (χ0) is 25.1. The van der Waals surface area contributed by atoms with Gasteiger partial charge >= 0.3 is 5.97 Å². The molecule has 0 bridgehead atoms. The summed E-state index contributed by atoms with van der Waals surface area (Å²) >= 11 is 0. The van der Waals surface area contributed by atoms with E-state index >= 15 is 0 Å². The molecule has 0 radical (unpaired) electrons. The summed E-state index contributed by atoms with van der Waals surface area (Å²) in [7, 11) is 1.52. The number of anilines is 1. The number of halogens is 1. The van der Waals surface area contributed by atoms with Crippen molar-refractivity contribution in [3.05, 3.63) is 100 Å². The van der Waals surface area contributed by atoms with Crippen molar-refractivity contribution in [3.8, 4) is 11.1 Å².